The summed E-state index contributed by atoms with van der Waals surface area (Å²) in [4.78, 5) is 16.1. The minimum atomic E-state index is -0.931. The lowest BCUT2D eigenvalue weighted by molar-refractivity contribution is 0.0699. The van der Waals surface area contributed by atoms with Gasteiger partial charge >= 0.3 is 5.97 Å². The lowest BCUT2D eigenvalue weighted by Gasteiger charge is -2.08. The molecule has 0 aliphatic rings. The Balaban J connectivity index is 2.11. The van der Waals surface area contributed by atoms with Gasteiger partial charge in [-0.2, -0.15) is 0 Å². The summed E-state index contributed by atoms with van der Waals surface area (Å²) in [6, 6.07) is 15.7. The fourth-order valence-electron chi connectivity index (χ4n) is 2.99. The Hall–Kier alpha value is -3.14. The third kappa shape index (κ3) is 2.07. The molecule has 4 rings (SSSR count). The monoisotopic (exact) mass is 302 g/mol. The Kier molecular flexibility index (Phi) is 2.91. The van der Waals surface area contributed by atoms with E-state index >= 15 is 0 Å². The molecule has 112 valence electrons. The van der Waals surface area contributed by atoms with E-state index in [1.807, 2.05) is 60.0 Å². The molecule has 4 heteroatoms. The van der Waals surface area contributed by atoms with Crippen molar-refractivity contribution in [3.05, 3.63) is 72.1 Å². The van der Waals surface area contributed by atoms with Crippen molar-refractivity contribution in [3.63, 3.8) is 0 Å². The molecule has 0 unspecified atom stereocenters. The van der Waals surface area contributed by atoms with Gasteiger partial charge in [0.1, 0.15) is 5.82 Å². The first-order valence-electron chi connectivity index (χ1n) is 7.34. The van der Waals surface area contributed by atoms with Crippen molar-refractivity contribution < 1.29 is 9.90 Å². The smallest absolute Gasteiger partial charge is 0.337 e. The van der Waals surface area contributed by atoms with Gasteiger partial charge in [0, 0.05) is 23.2 Å². The fourth-order valence-corrected chi connectivity index (χ4v) is 2.99. The molecule has 23 heavy (non-hydrogen) atoms. The van der Waals surface area contributed by atoms with E-state index in [-0.39, 0.29) is 0 Å². The maximum atomic E-state index is 11.6. The van der Waals surface area contributed by atoms with E-state index in [9.17, 15) is 9.90 Å². The molecule has 2 aromatic heterocycles. The fraction of sp³-hybridized carbons (Fsp3) is 0.0526. The van der Waals surface area contributed by atoms with Crippen LogP contribution < -0.4 is 0 Å². The number of benzene rings is 2. The maximum absolute atomic E-state index is 11.6. The Bertz CT molecular complexity index is 1060. The first-order valence-corrected chi connectivity index (χ1v) is 7.34. The number of rotatable bonds is 2. The highest BCUT2D eigenvalue weighted by Crippen LogP contribution is 2.28. The van der Waals surface area contributed by atoms with Gasteiger partial charge in [-0.05, 0) is 30.5 Å². The van der Waals surface area contributed by atoms with Gasteiger partial charge in [0.2, 0.25) is 0 Å². The van der Waals surface area contributed by atoms with Crippen molar-refractivity contribution in [2.24, 2.45) is 0 Å². The number of hydrogen-bond donors (Lipinski definition) is 1. The first-order chi connectivity index (χ1) is 11.1. The minimum Gasteiger partial charge on any atom is -0.478 e. The largest absolute Gasteiger partial charge is 0.478 e. The van der Waals surface area contributed by atoms with E-state index in [1.165, 1.54) is 0 Å². The number of pyridine rings is 1. The molecular weight excluding hydrogens is 288 g/mol. The standard InChI is InChI=1S/C19H14N2O2/c1-12-6-7-17-15(10-12)16(19(22)23)11-21(17)18-14-5-3-2-4-13(14)8-9-20-18/h2-11H,1H3,(H,22,23). The van der Waals surface area contributed by atoms with E-state index in [0.717, 1.165) is 33.1 Å². The molecule has 4 aromatic rings. The number of aromatic carboxylic acids is 1. The third-order valence-electron chi connectivity index (χ3n) is 4.07. The molecule has 0 atom stereocenters. The van der Waals surface area contributed by atoms with E-state index < -0.39 is 5.97 Å². The summed E-state index contributed by atoms with van der Waals surface area (Å²) in [5.41, 5.74) is 2.17. The van der Waals surface area contributed by atoms with Crippen LogP contribution >= 0.6 is 0 Å². The molecule has 2 aromatic carbocycles. The molecule has 2 heterocycles. The minimum absolute atomic E-state index is 0.290. The number of hydrogen-bond acceptors (Lipinski definition) is 2. The molecule has 0 saturated heterocycles. The average Bonchev–Trinajstić information content (AvgIpc) is 2.93. The Labute approximate surface area is 132 Å². The van der Waals surface area contributed by atoms with Gasteiger partial charge in [-0.3, -0.25) is 4.57 Å². The van der Waals surface area contributed by atoms with Crippen molar-refractivity contribution in [1.82, 2.24) is 9.55 Å². The van der Waals surface area contributed by atoms with Crippen LogP contribution in [-0.2, 0) is 0 Å². The molecule has 0 aliphatic carbocycles. The number of carbonyl (C=O) groups is 1. The van der Waals surface area contributed by atoms with Crippen molar-refractivity contribution in [3.8, 4) is 5.82 Å². The zero-order valence-corrected chi connectivity index (χ0v) is 12.5. The summed E-state index contributed by atoms with van der Waals surface area (Å²) >= 11 is 0. The second kappa shape index (κ2) is 4.95. The summed E-state index contributed by atoms with van der Waals surface area (Å²) in [6.45, 7) is 1.96. The zero-order chi connectivity index (χ0) is 16.0. The highest BCUT2D eigenvalue weighted by molar-refractivity contribution is 6.05. The third-order valence-corrected chi connectivity index (χ3v) is 4.07. The van der Waals surface area contributed by atoms with E-state index in [2.05, 4.69) is 4.98 Å². The number of carboxylic acid groups (broad SMARTS) is 1. The SMILES string of the molecule is Cc1ccc2c(c1)c(C(=O)O)cn2-c1nccc2ccccc12. The van der Waals surface area contributed by atoms with Crippen molar-refractivity contribution in [2.45, 2.75) is 6.92 Å². The van der Waals surface area contributed by atoms with Gasteiger partial charge in [-0.1, -0.05) is 35.9 Å². The molecule has 4 nitrogen and oxygen atoms in total. The van der Waals surface area contributed by atoms with Gasteiger partial charge in [0.05, 0.1) is 11.1 Å². The molecule has 0 saturated carbocycles. The molecule has 0 fully saturated rings. The Morgan fingerprint density at radius 3 is 2.74 bits per heavy atom. The Morgan fingerprint density at radius 1 is 1.09 bits per heavy atom. The molecule has 0 spiro atoms. The maximum Gasteiger partial charge on any atom is 0.337 e. The molecule has 0 bridgehead atoms. The first kappa shape index (κ1) is 13.5. The molecule has 0 aliphatic heterocycles. The normalized spacial score (nSPS) is 11.2. The number of fused-ring (bicyclic) bond motifs is 2. The second-order valence-corrected chi connectivity index (χ2v) is 5.59. The van der Waals surface area contributed by atoms with Crippen LogP contribution in [0.5, 0.6) is 0 Å². The highest BCUT2D eigenvalue weighted by Gasteiger charge is 2.16. The summed E-state index contributed by atoms with van der Waals surface area (Å²) in [5.74, 6) is -0.191. The zero-order valence-electron chi connectivity index (χ0n) is 12.5. The lowest BCUT2D eigenvalue weighted by Crippen LogP contribution is -1.98. The van der Waals surface area contributed by atoms with Gasteiger partial charge < -0.3 is 5.11 Å². The number of nitrogens with zero attached hydrogens (tertiary/aromatic N) is 2. The summed E-state index contributed by atoms with van der Waals surface area (Å²) < 4.78 is 1.86. The van der Waals surface area contributed by atoms with E-state index in [0.29, 0.717) is 5.56 Å². The van der Waals surface area contributed by atoms with E-state index in [4.69, 9.17) is 0 Å². The predicted octanol–water partition coefficient (Wildman–Crippen LogP) is 4.19. The number of aryl methyl sites for hydroxylation is 1. The highest BCUT2D eigenvalue weighted by atomic mass is 16.4. The second-order valence-electron chi connectivity index (χ2n) is 5.59. The van der Waals surface area contributed by atoms with Gasteiger partial charge in [-0.15, -0.1) is 0 Å². The number of carboxylic acids is 1. The van der Waals surface area contributed by atoms with Crippen LogP contribution in [0.3, 0.4) is 0 Å². The topological polar surface area (TPSA) is 55.1 Å². The van der Waals surface area contributed by atoms with Crippen LogP contribution in [-0.4, -0.2) is 20.6 Å². The van der Waals surface area contributed by atoms with Gasteiger partial charge in [0.25, 0.3) is 0 Å². The van der Waals surface area contributed by atoms with E-state index in [1.54, 1.807) is 12.4 Å². The summed E-state index contributed by atoms with van der Waals surface area (Å²) in [5, 5.41) is 12.3. The molecule has 0 radical (unpaired) electrons. The van der Waals surface area contributed by atoms with Crippen molar-refractivity contribution >= 4 is 27.6 Å². The van der Waals surface area contributed by atoms with Crippen molar-refractivity contribution in [1.29, 1.82) is 0 Å². The summed E-state index contributed by atoms with van der Waals surface area (Å²) in [7, 11) is 0. The number of aromatic nitrogens is 2. The average molecular weight is 302 g/mol. The van der Waals surface area contributed by atoms with Crippen LogP contribution in [0.2, 0.25) is 0 Å². The molecule has 1 N–H and O–H groups in total. The van der Waals surface area contributed by atoms with Crippen LogP contribution in [0.25, 0.3) is 27.5 Å². The van der Waals surface area contributed by atoms with Crippen molar-refractivity contribution in [2.75, 3.05) is 0 Å². The van der Waals surface area contributed by atoms with Gasteiger partial charge in [0.15, 0.2) is 0 Å². The predicted molar refractivity (Wildman–Crippen MR) is 90.3 cm³/mol. The molecular formula is C19H14N2O2. The van der Waals surface area contributed by atoms with Crippen LogP contribution in [0.1, 0.15) is 15.9 Å². The van der Waals surface area contributed by atoms with Crippen LogP contribution in [0, 0.1) is 6.92 Å². The van der Waals surface area contributed by atoms with Crippen LogP contribution in [0.4, 0.5) is 0 Å². The van der Waals surface area contributed by atoms with Crippen LogP contribution in [0.15, 0.2) is 60.9 Å². The van der Waals surface area contributed by atoms with Gasteiger partial charge in [-0.25, -0.2) is 9.78 Å². The summed E-state index contributed by atoms with van der Waals surface area (Å²) in [6.07, 6.45) is 3.40. The molecule has 0 amide bonds. The lowest BCUT2D eigenvalue weighted by atomic mass is 10.1. The Morgan fingerprint density at radius 2 is 1.91 bits per heavy atom. The quantitative estimate of drug-likeness (QED) is 0.604.